The first-order valence-electron chi connectivity index (χ1n) is 11.2. The molecule has 1 N–H and O–H groups in total. The van der Waals surface area contributed by atoms with Gasteiger partial charge in [0.1, 0.15) is 6.54 Å². The van der Waals surface area contributed by atoms with Crippen LogP contribution in [0.5, 0.6) is 0 Å². The standard InChI is InChI=1S/C25H25N3O2/c29-25-26-24(27-30-25)18-12-13-20-21(15-18)28-14-6-10-16-7-4-5-11-19(16)23(28)22(20)17-8-2-1-3-9-17/h4-5,7,11-13,15,17,22H,1-3,6,8-10,14H2/p+1. The third-order valence-corrected chi connectivity index (χ3v) is 7.20. The Morgan fingerprint density at radius 1 is 1.03 bits per heavy atom. The van der Waals surface area contributed by atoms with Crippen LogP contribution in [-0.4, -0.2) is 27.0 Å². The van der Waals surface area contributed by atoms with E-state index in [4.69, 9.17) is 4.52 Å². The summed E-state index contributed by atoms with van der Waals surface area (Å²) in [5, 5.41) is 3.91. The quantitative estimate of drug-likeness (QED) is 0.629. The maximum atomic E-state index is 11.5. The average Bonchev–Trinajstić information content (AvgIpc) is 3.30. The van der Waals surface area contributed by atoms with Gasteiger partial charge in [0.05, 0.1) is 5.92 Å². The second-order valence-corrected chi connectivity index (χ2v) is 8.89. The SMILES string of the molecule is O=c1[nH]c(-c2ccc3c(c2)[N+]2=C(c4ccccc4CCC2)C3C2CCCCC2)no1. The number of H-pyrrole nitrogens is 1. The second kappa shape index (κ2) is 7.08. The fraction of sp³-hybridized carbons (Fsp3) is 0.400. The van der Waals surface area contributed by atoms with Gasteiger partial charge in [0.25, 0.3) is 0 Å². The summed E-state index contributed by atoms with van der Waals surface area (Å²) in [5.74, 6) is 1.13. The molecule has 30 heavy (non-hydrogen) atoms. The molecule has 5 heteroatoms. The molecule has 3 aromatic rings. The Morgan fingerprint density at radius 3 is 2.73 bits per heavy atom. The summed E-state index contributed by atoms with van der Waals surface area (Å²) in [5.41, 5.74) is 8.02. The van der Waals surface area contributed by atoms with E-state index in [9.17, 15) is 4.79 Å². The highest BCUT2D eigenvalue weighted by molar-refractivity contribution is 6.06. The van der Waals surface area contributed by atoms with Gasteiger partial charge in [0.15, 0.2) is 11.5 Å². The van der Waals surface area contributed by atoms with Gasteiger partial charge >= 0.3 is 5.76 Å². The number of aromatic amines is 1. The topological polar surface area (TPSA) is 61.9 Å². The Bertz CT molecular complexity index is 1200. The minimum Gasteiger partial charge on any atom is -0.296 e. The summed E-state index contributed by atoms with van der Waals surface area (Å²) in [6.45, 7) is 1.03. The van der Waals surface area contributed by atoms with Gasteiger partial charge < -0.3 is 0 Å². The van der Waals surface area contributed by atoms with Crippen molar-refractivity contribution in [3.63, 3.8) is 0 Å². The lowest BCUT2D eigenvalue weighted by Crippen LogP contribution is -2.25. The van der Waals surface area contributed by atoms with Gasteiger partial charge in [-0.1, -0.05) is 54.8 Å². The van der Waals surface area contributed by atoms with Gasteiger partial charge in [-0.15, -0.1) is 0 Å². The van der Waals surface area contributed by atoms with Crippen LogP contribution in [0.25, 0.3) is 11.4 Å². The monoisotopic (exact) mass is 400 g/mol. The third-order valence-electron chi connectivity index (χ3n) is 7.20. The average molecular weight is 401 g/mol. The highest BCUT2D eigenvalue weighted by Gasteiger charge is 2.45. The van der Waals surface area contributed by atoms with E-state index in [1.165, 1.54) is 60.2 Å². The van der Waals surface area contributed by atoms with E-state index in [2.05, 4.69) is 57.2 Å². The van der Waals surface area contributed by atoms with Gasteiger partial charge in [-0.25, -0.2) is 4.79 Å². The number of hydrogen-bond acceptors (Lipinski definition) is 3. The highest BCUT2D eigenvalue weighted by Crippen LogP contribution is 2.48. The van der Waals surface area contributed by atoms with Gasteiger partial charge in [-0.2, -0.15) is 4.58 Å². The molecule has 0 saturated heterocycles. The molecule has 1 saturated carbocycles. The predicted molar refractivity (Wildman–Crippen MR) is 116 cm³/mol. The maximum Gasteiger partial charge on any atom is 0.439 e. The van der Waals surface area contributed by atoms with E-state index < -0.39 is 5.76 Å². The van der Waals surface area contributed by atoms with Crippen LogP contribution in [0.4, 0.5) is 5.69 Å². The van der Waals surface area contributed by atoms with Crippen LogP contribution >= 0.6 is 0 Å². The molecular weight excluding hydrogens is 374 g/mol. The number of benzene rings is 2. The molecule has 5 nitrogen and oxygen atoms in total. The van der Waals surface area contributed by atoms with Crippen molar-refractivity contribution in [2.45, 2.75) is 50.9 Å². The van der Waals surface area contributed by atoms with Crippen molar-refractivity contribution in [1.29, 1.82) is 0 Å². The van der Waals surface area contributed by atoms with Crippen molar-refractivity contribution in [2.24, 2.45) is 5.92 Å². The van der Waals surface area contributed by atoms with E-state index in [1.807, 2.05) is 0 Å². The molecule has 3 aliphatic rings. The molecule has 1 aromatic heterocycles. The van der Waals surface area contributed by atoms with Crippen molar-refractivity contribution < 1.29 is 9.10 Å². The van der Waals surface area contributed by atoms with Crippen molar-refractivity contribution in [2.75, 3.05) is 6.54 Å². The summed E-state index contributed by atoms with van der Waals surface area (Å²) in [7, 11) is 0. The summed E-state index contributed by atoms with van der Waals surface area (Å²) in [4.78, 5) is 14.2. The molecule has 1 atom stereocenters. The van der Waals surface area contributed by atoms with Crippen LogP contribution < -0.4 is 5.76 Å². The van der Waals surface area contributed by atoms with Gasteiger partial charge in [-0.05, 0) is 36.8 Å². The smallest absolute Gasteiger partial charge is 0.296 e. The van der Waals surface area contributed by atoms with Gasteiger partial charge in [0, 0.05) is 29.2 Å². The number of nitrogens with one attached hydrogen (secondary N) is 1. The number of nitrogens with zero attached hydrogens (tertiary/aromatic N) is 2. The van der Waals surface area contributed by atoms with E-state index in [1.54, 1.807) is 0 Å². The molecule has 0 radical (unpaired) electrons. The molecule has 0 amide bonds. The molecule has 2 aliphatic heterocycles. The Hall–Kier alpha value is -2.95. The summed E-state index contributed by atoms with van der Waals surface area (Å²) < 4.78 is 7.31. The van der Waals surface area contributed by atoms with Crippen LogP contribution in [-0.2, 0) is 6.42 Å². The Morgan fingerprint density at radius 2 is 1.90 bits per heavy atom. The first-order chi connectivity index (χ1) is 14.8. The van der Waals surface area contributed by atoms with Gasteiger partial charge in [-0.3, -0.25) is 9.51 Å². The number of rotatable bonds is 2. The molecule has 1 unspecified atom stereocenters. The number of hydrogen-bond donors (Lipinski definition) is 1. The number of aryl methyl sites for hydroxylation is 1. The number of fused-ring (bicyclic) bond motifs is 4. The lowest BCUT2D eigenvalue weighted by Gasteiger charge is -2.27. The molecule has 2 aromatic carbocycles. The maximum absolute atomic E-state index is 11.5. The molecule has 1 aliphatic carbocycles. The first kappa shape index (κ1) is 17.9. The Labute approximate surface area is 175 Å². The van der Waals surface area contributed by atoms with Crippen LogP contribution in [0.2, 0.25) is 0 Å². The second-order valence-electron chi connectivity index (χ2n) is 8.89. The van der Waals surface area contributed by atoms with Crippen LogP contribution in [0.15, 0.2) is 51.8 Å². The third kappa shape index (κ3) is 2.79. The van der Waals surface area contributed by atoms with Crippen LogP contribution in [0, 0.1) is 5.92 Å². The Balaban J connectivity index is 1.55. The van der Waals surface area contributed by atoms with Crippen molar-refractivity contribution in [3.05, 3.63) is 69.7 Å². The molecule has 152 valence electrons. The molecule has 0 bridgehead atoms. The lowest BCUT2D eigenvalue weighted by molar-refractivity contribution is -0.437. The molecule has 0 spiro atoms. The minimum atomic E-state index is -0.512. The largest absolute Gasteiger partial charge is 0.439 e. The summed E-state index contributed by atoms with van der Waals surface area (Å²) in [6, 6.07) is 15.5. The number of aromatic nitrogens is 2. The first-order valence-corrected chi connectivity index (χ1v) is 11.2. The Kier molecular flexibility index (Phi) is 4.22. The van der Waals surface area contributed by atoms with Crippen molar-refractivity contribution >= 4 is 11.4 Å². The lowest BCUT2D eigenvalue weighted by atomic mass is 9.73. The fourth-order valence-electron chi connectivity index (χ4n) is 5.90. The van der Waals surface area contributed by atoms with Crippen molar-refractivity contribution in [1.82, 2.24) is 10.1 Å². The van der Waals surface area contributed by atoms with Crippen LogP contribution in [0.1, 0.15) is 61.1 Å². The summed E-state index contributed by atoms with van der Waals surface area (Å²) >= 11 is 0. The zero-order valence-electron chi connectivity index (χ0n) is 17.1. The van der Waals surface area contributed by atoms with Gasteiger partial charge in [0.2, 0.25) is 5.69 Å². The highest BCUT2D eigenvalue weighted by atomic mass is 16.5. The van der Waals surface area contributed by atoms with E-state index in [0.717, 1.165) is 24.9 Å². The fourth-order valence-corrected chi connectivity index (χ4v) is 5.90. The van der Waals surface area contributed by atoms with E-state index in [0.29, 0.717) is 17.7 Å². The minimum absolute atomic E-state index is 0.449. The normalized spacial score (nSPS) is 21.1. The van der Waals surface area contributed by atoms with Crippen LogP contribution in [0.3, 0.4) is 0 Å². The zero-order valence-corrected chi connectivity index (χ0v) is 17.1. The predicted octanol–water partition coefficient (Wildman–Crippen LogP) is 4.79. The molecule has 3 heterocycles. The van der Waals surface area contributed by atoms with E-state index >= 15 is 0 Å². The molecule has 1 fully saturated rings. The molecular formula is C25H26N3O2+. The summed E-state index contributed by atoms with van der Waals surface area (Å²) in [6.07, 6.45) is 8.92. The zero-order chi connectivity index (χ0) is 20.1. The van der Waals surface area contributed by atoms with E-state index in [-0.39, 0.29) is 0 Å². The molecule has 6 rings (SSSR count). The van der Waals surface area contributed by atoms with Crippen molar-refractivity contribution in [3.8, 4) is 11.4 Å².